The van der Waals surface area contributed by atoms with Crippen molar-refractivity contribution in [2.75, 3.05) is 5.73 Å². The molecule has 0 aromatic heterocycles. The summed E-state index contributed by atoms with van der Waals surface area (Å²) in [6, 6.07) is 12.6. The number of hydrogen-bond donors (Lipinski definition) is 2. The predicted molar refractivity (Wildman–Crippen MR) is 81.2 cm³/mol. The van der Waals surface area contributed by atoms with E-state index < -0.39 is 0 Å². The quantitative estimate of drug-likeness (QED) is 0.839. The summed E-state index contributed by atoms with van der Waals surface area (Å²) in [4.78, 5) is 12.0. The molecule has 2 aromatic rings. The molecule has 19 heavy (non-hydrogen) atoms. The van der Waals surface area contributed by atoms with Crippen molar-refractivity contribution >= 4 is 39.1 Å². The Kier molecular flexibility index (Phi) is 4.45. The van der Waals surface area contributed by atoms with Crippen LogP contribution in [-0.4, -0.2) is 5.91 Å². The molecule has 0 saturated carbocycles. The minimum Gasteiger partial charge on any atom is -0.399 e. The average Bonchev–Trinajstić information content (AvgIpc) is 2.41. The number of benzene rings is 2. The molecular formula is C14H12BrClN2O. The Bertz CT molecular complexity index is 599. The zero-order chi connectivity index (χ0) is 13.8. The second kappa shape index (κ2) is 6.08. The standard InChI is InChI=1S/C14H12BrClN2O/c15-12-3-1-2-11(13(12)16)14(19)18-8-9-4-6-10(17)7-5-9/h1-7H,8,17H2,(H,18,19). The maximum atomic E-state index is 12.0. The van der Waals surface area contributed by atoms with E-state index >= 15 is 0 Å². The summed E-state index contributed by atoms with van der Waals surface area (Å²) < 4.78 is 0.703. The molecule has 0 aliphatic heterocycles. The van der Waals surface area contributed by atoms with Crippen molar-refractivity contribution < 1.29 is 4.79 Å². The van der Waals surface area contributed by atoms with E-state index in [0.717, 1.165) is 5.56 Å². The lowest BCUT2D eigenvalue weighted by Crippen LogP contribution is -2.23. The van der Waals surface area contributed by atoms with Crippen LogP contribution < -0.4 is 11.1 Å². The van der Waals surface area contributed by atoms with Gasteiger partial charge in [0.2, 0.25) is 0 Å². The molecule has 3 N–H and O–H groups in total. The molecule has 1 amide bonds. The van der Waals surface area contributed by atoms with E-state index in [1.807, 2.05) is 12.1 Å². The van der Waals surface area contributed by atoms with Crippen molar-refractivity contribution in [3.63, 3.8) is 0 Å². The minimum absolute atomic E-state index is 0.205. The Morgan fingerprint density at radius 2 is 1.89 bits per heavy atom. The Balaban J connectivity index is 2.05. The van der Waals surface area contributed by atoms with Gasteiger partial charge in [-0.15, -0.1) is 0 Å². The molecule has 0 bridgehead atoms. The van der Waals surface area contributed by atoms with E-state index in [4.69, 9.17) is 17.3 Å². The lowest BCUT2D eigenvalue weighted by Gasteiger charge is -2.08. The lowest BCUT2D eigenvalue weighted by molar-refractivity contribution is 0.0951. The lowest BCUT2D eigenvalue weighted by atomic mass is 10.2. The fraction of sp³-hybridized carbons (Fsp3) is 0.0714. The Hall–Kier alpha value is -1.52. The molecule has 3 nitrogen and oxygen atoms in total. The van der Waals surface area contributed by atoms with E-state index in [1.165, 1.54) is 0 Å². The largest absolute Gasteiger partial charge is 0.399 e. The van der Waals surface area contributed by atoms with Crippen molar-refractivity contribution in [1.82, 2.24) is 5.32 Å². The van der Waals surface area contributed by atoms with Crippen molar-refractivity contribution in [3.05, 3.63) is 63.1 Å². The summed E-state index contributed by atoms with van der Waals surface area (Å²) in [6.07, 6.45) is 0. The van der Waals surface area contributed by atoms with Gasteiger partial charge in [-0.1, -0.05) is 29.8 Å². The molecule has 0 radical (unpaired) electrons. The number of hydrogen-bond acceptors (Lipinski definition) is 2. The topological polar surface area (TPSA) is 55.1 Å². The number of nitrogens with two attached hydrogens (primary N) is 1. The van der Waals surface area contributed by atoms with Crippen LogP contribution in [0, 0.1) is 0 Å². The van der Waals surface area contributed by atoms with E-state index in [9.17, 15) is 4.79 Å². The normalized spacial score (nSPS) is 10.2. The smallest absolute Gasteiger partial charge is 0.253 e. The molecule has 0 fully saturated rings. The van der Waals surface area contributed by atoms with E-state index in [1.54, 1.807) is 30.3 Å². The molecule has 2 aromatic carbocycles. The Morgan fingerprint density at radius 3 is 2.58 bits per heavy atom. The fourth-order valence-electron chi connectivity index (χ4n) is 1.59. The second-order valence-electron chi connectivity index (χ2n) is 4.03. The van der Waals surface area contributed by atoms with Crippen LogP contribution >= 0.6 is 27.5 Å². The van der Waals surface area contributed by atoms with Gasteiger partial charge >= 0.3 is 0 Å². The fourth-order valence-corrected chi connectivity index (χ4v) is 2.17. The SMILES string of the molecule is Nc1ccc(CNC(=O)c2cccc(Br)c2Cl)cc1. The highest BCUT2D eigenvalue weighted by Gasteiger charge is 2.11. The molecule has 0 aliphatic carbocycles. The number of amides is 1. The van der Waals surface area contributed by atoms with Crippen LogP contribution in [-0.2, 0) is 6.54 Å². The predicted octanol–water partition coefficient (Wildman–Crippen LogP) is 3.61. The Morgan fingerprint density at radius 1 is 1.21 bits per heavy atom. The molecule has 0 atom stereocenters. The van der Waals surface area contributed by atoms with Crippen LogP contribution in [0.2, 0.25) is 5.02 Å². The summed E-state index contributed by atoms with van der Waals surface area (Å²) >= 11 is 9.36. The van der Waals surface area contributed by atoms with Gasteiger partial charge in [0.25, 0.3) is 5.91 Å². The Labute approximate surface area is 124 Å². The molecule has 0 heterocycles. The number of anilines is 1. The van der Waals surface area contributed by atoms with Gasteiger partial charge in [-0.2, -0.15) is 0 Å². The first-order chi connectivity index (χ1) is 9.08. The van der Waals surface area contributed by atoms with Crippen LogP contribution in [0.3, 0.4) is 0 Å². The maximum absolute atomic E-state index is 12.0. The van der Waals surface area contributed by atoms with Crippen LogP contribution in [0.4, 0.5) is 5.69 Å². The van der Waals surface area contributed by atoms with Crippen LogP contribution in [0.25, 0.3) is 0 Å². The number of carbonyl (C=O) groups excluding carboxylic acids is 1. The van der Waals surface area contributed by atoms with Crippen LogP contribution in [0.15, 0.2) is 46.9 Å². The maximum Gasteiger partial charge on any atom is 0.253 e. The molecule has 0 aliphatic rings. The molecule has 0 unspecified atom stereocenters. The van der Waals surface area contributed by atoms with Gasteiger partial charge in [0.05, 0.1) is 10.6 Å². The second-order valence-corrected chi connectivity index (χ2v) is 5.26. The summed E-state index contributed by atoms with van der Waals surface area (Å²) in [5, 5.41) is 3.23. The van der Waals surface area contributed by atoms with Crippen LogP contribution in [0.5, 0.6) is 0 Å². The molecule has 2 rings (SSSR count). The highest BCUT2D eigenvalue weighted by Crippen LogP contribution is 2.25. The zero-order valence-corrected chi connectivity index (χ0v) is 12.3. The van der Waals surface area contributed by atoms with Crippen molar-refractivity contribution in [1.29, 1.82) is 0 Å². The number of nitrogen functional groups attached to an aromatic ring is 1. The summed E-state index contributed by atoms with van der Waals surface area (Å²) in [6.45, 7) is 0.432. The third-order valence-corrected chi connectivity index (χ3v) is 3.93. The van der Waals surface area contributed by atoms with Gasteiger partial charge in [0.1, 0.15) is 0 Å². The van der Waals surface area contributed by atoms with Crippen molar-refractivity contribution in [2.24, 2.45) is 0 Å². The van der Waals surface area contributed by atoms with E-state index in [2.05, 4.69) is 21.2 Å². The van der Waals surface area contributed by atoms with Crippen molar-refractivity contribution in [3.8, 4) is 0 Å². The molecule has 98 valence electrons. The molecule has 5 heteroatoms. The summed E-state index contributed by atoms with van der Waals surface area (Å²) in [5.41, 5.74) is 7.73. The summed E-state index contributed by atoms with van der Waals surface area (Å²) in [5.74, 6) is -0.205. The van der Waals surface area contributed by atoms with Gasteiger partial charge in [0.15, 0.2) is 0 Å². The van der Waals surface area contributed by atoms with Crippen LogP contribution in [0.1, 0.15) is 15.9 Å². The average molecular weight is 340 g/mol. The first kappa shape index (κ1) is 13.9. The molecule has 0 spiro atoms. The highest BCUT2D eigenvalue weighted by molar-refractivity contribution is 9.10. The van der Waals surface area contributed by atoms with Gasteiger partial charge in [-0.3, -0.25) is 4.79 Å². The van der Waals surface area contributed by atoms with Gasteiger partial charge < -0.3 is 11.1 Å². The van der Waals surface area contributed by atoms with E-state index in [0.29, 0.717) is 27.3 Å². The number of nitrogens with one attached hydrogen (secondary N) is 1. The highest BCUT2D eigenvalue weighted by atomic mass is 79.9. The van der Waals surface area contributed by atoms with Gasteiger partial charge in [-0.05, 0) is 45.8 Å². The third-order valence-electron chi connectivity index (χ3n) is 2.63. The van der Waals surface area contributed by atoms with Crippen molar-refractivity contribution in [2.45, 2.75) is 6.54 Å². The minimum atomic E-state index is -0.205. The van der Waals surface area contributed by atoms with Gasteiger partial charge in [0, 0.05) is 16.7 Å². The van der Waals surface area contributed by atoms with Gasteiger partial charge in [-0.25, -0.2) is 0 Å². The first-order valence-corrected chi connectivity index (χ1v) is 6.81. The zero-order valence-electron chi connectivity index (χ0n) is 9.99. The number of halogens is 2. The first-order valence-electron chi connectivity index (χ1n) is 5.64. The number of rotatable bonds is 3. The summed E-state index contributed by atoms with van der Waals surface area (Å²) in [7, 11) is 0. The monoisotopic (exact) mass is 338 g/mol. The third kappa shape index (κ3) is 3.49. The number of carbonyl (C=O) groups is 1. The molecule has 0 saturated heterocycles. The van der Waals surface area contributed by atoms with E-state index in [-0.39, 0.29) is 5.91 Å². The molecular weight excluding hydrogens is 328 g/mol.